The van der Waals surface area contributed by atoms with Crippen LogP contribution in [0.1, 0.15) is 16.1 Å². The van der Waals surface area contributed by atoms with E-state index in [9.17, 15) is 4.79 Å². The van der Waals surface area contributed by atoms with Gasteiger partial charge in [-0.15, -0.1) is 0 Å². The first kappa shape index (κ1) is 14.6. The van der Waals surface area contributed by atoms with Crippen LogP contribution in [-0.4, -0.2) is 30.2 Å². The first-order valence-electron chi connectivity index (χ1n) is 6.21. The summed E-state index contributed by atoms with van der Waals surface area (Å²) in [5, 5.41) is 3.07. The van der Waals surface area contributed by atoms with Crippen LogP contribution >= 0.6 is 0 Å². The minimum absolute atomic E-state index is 0.196. The Kier molecular flexibility index (Phi) is 4.55. The number of nitrogens with two attached hydrogens (primary N) is 1. The molecule has 2 aromatic rings. The van der Waals surface area contributed by atoms with Crippen LogP contribution < -0.4 is 15.8 Å². The van der Waals surface area contributed by atoms with Gasteiger partial charge in [-0.05, 0) is 23.8 Å². The molecule has 0 saturated heterocycles. The molecule has 21 heavy (non-hydrogen) atoms. The second kappa shape index (κ2) is 6.56. The molecule has 3 N–H and O–H groups in total. The lowest BCUT2D eigenvalue weighted by Crippen LogP contribution is -2.10. The van der Waals surface area contributed by atoms with Crippen LogP contribution in [0.3, 0.4) is 0 Å². The third-order valence-corrected chi connectivity index (χ3v) is 2.79. The van der Waals surface area contributed by atoms with Crippen molar-refractivity contribution in [2.24, 2.45) is 0 Å². The van der Waals surface area contributed by atoms with Gasteiger partial charge in [0.2, 0.25) is 5.88 Å². The molecule has 2 aromatic heterocycles. The minimum atomic E-state index is -0.511. The number of aromatic nitrogens is 2. The molecule has 2 rings (SSSR count). The van der Waals surface area contributed by atoms with Crippen LogP contribution in [-0.2, 0) is 11.3 Å². The van der Waals surface area contributed by atoms with Gasteiger partial charge in [-0.2, -0.15) is 0 Å². The number of nitrogens with one attached hydrogen (secondary N) is 1. The number of esters is 1. The Morgan fingerprint density at radius 2 is 2.14 bits per heavy atom. The number of anilines is 2. The molecule has 0 aromatic carbocycles. The molecule has 0 saturated carbocycles. The fraction of sp³-hybridized carbons (Fsp3) is 0.214. The van der Waals surface area contributed by atoms with E-state index in [1.165, 1.54) is 13.2 Å². The van der Waals surface area contributed by atoms with Crippen molar-refractivity contribution in [2.75, 3.05) is 25.3 Å². The van der Waals surface area contributed by atoms with Gasteiger partial charge in [0, 0.05) is 18.8 Å². The number of pyridine rings is 2. The van der Waals surface area contributed by atoms with Gasteiger partial charge in [0.05, 0.1) is 19.9 Å². The van der Waals surface area contributed by atoms with Gasteiger partial charge < -0.3 is 20.5 Å². The van der Waals surface area contributed by atoms with E-state index >= 15 is 0 Å². The summed E-state index contributed by atoms with van der Waals surface area (Å²) in [6.45, 7) is 0.473. The number of hydrogen-bond donors (Lipinski definition) is 2. The van der Waals surface area contributed by atoms with Crippen LogP contribution in [0.25, 0.3) is 0 Å². The van der Waals surface area contributed by atoms with Crippen molar-refractivity contribution in [3.63, 3.8) is 0 Å². The van der Waals surface area contributed by atoms with Crippen molar-refractivity contribution >= 4 is 17.5 Å². The molecular weight excluding hydrogens is 272 g/mol. The number of hydrogen-bond acceptors (Lipinski definition) is 7. The van der Waals surface area contributed by atoms with Crippen LogP contribution in [0.5, 0.6) is 5.88 Å². The molecule has 110 valence electrons. The van der Waals surface area contributed by atoms with E-state index in [0.717, 1.165) is 5.56 Å². The maximum Gasteiger partial charge on any atom is 0.356 e. The second-order valence-corrected chi connectivity index (χ2v) is 4.19. The standard InChI is InChI=1S/C14H16N4O3/c1-20-12-7-9(5-6-16-12)8-17-13-10(15)3-4-11(18-13)14(19)21-2/h3-7H,8,15H2,1-2H3,(H,17,18). The fourth-order valence-electron chi connectivity index (χ4n) is 1.69. The second-order valence-electron chi connectivity index (χ2n) is 4.19. The molecule has 0 radical (unpaired) electrons. The maximum absolute atomic E-state index is 11.5. The van der Waals surface area contributed by atoms with Crippen molar-refractivity contribution < 1.29 is 14.3 Å². The largest absolute Gasteiger partial charge is 0.481 e. The van der Waals surface area contributed by atoms with Gasteiger partial charge in [-0.1, -0.05) is 0 Å². The van der Waals surface area contributed by atoms with E-state index in [0.29, 0.717) is 23.9 Å². The van der Waals surface area contributed by atoms with E-state index in [-0.39, 0.29) is 5.69 Å². The summed E-state index contributed by atoms with van der Waals surface area (Å²) in [7, 11) is 2.86. The summed E-state index contributed by atoms with van der Waals surface area (Å²) in [6, 6.07) is 6.76. The zero-order chi connectivity index (χ0) is 15.2. The van der Waals surface area contributed by atoms with Crippen molar-refractivity contribution in [3.05, 3.63) is 41.7 Å². The normalized spacial score (nSPS) is 10.0. The molecule has 0 aliphatic carbocycles. The Bertz CT molecular complexity index is 646. The molecule has 0 bridgehead atoms. The highest BCUT2D eigenvalue weighted by molar-refractivity contribution is 5.88. The summed E-state index contributed by atoms with van der Waals surface area (Å²) in [6.07, 6.45) is 1.65. The molecule has 0 amide bonds. The topological polar surface area (TPSA) is 99.4 Å². The Labute approximate surface area is 122 Å². The van der Waals surface area contributed by atoms with Gasteiger partial charge >= 0.3 is 5.97 Å². The number of nitrogen functional groups attached to an aromatic ring is 1. The van der Waals surface area contributed by atoms with Gasteiger partial charge in [-0.25, -0.2) is 14.8 Å². The van der Waals surface area contributed by atoms with Gasteiger partial charge in [0.1, 0.15) is 5.82 Å². The number of carbonyl (C=O) groups is 1. The summed E-state index contributed by atoms with van der Waals surface area (Å²) in [4.78, 5) is 19.6. The zero-order valence-corrected chi connectivity index (χ0v) is 11.8. The van der Waals surface area contributed by atoms with Gasteiger partial charge in [0.15, 0.2) is 5.69 Å². The SMILES string of the molecule is COC(=O)c1ccc(N)c(NCc2ccnc(OC)c2)n1. The molecule has 0 fully saturated rings. The number of methoxy groups -OCH3 is 2. The maximum atomic E-state index is 11.5. The summed E-state index contributed by atoms with van der Waals surface area (Å²) in [5.41, 5.74) is 7.43. The average molecular weight is 288 g/mol. The monoisotopic (exact) mass is 288 g/mol. The van der Waals surface area contributed by atoms with E-state index in [2.05, 4.69) is 20.0 Å². The third kappa shape index (κ3) is 3.59. The molecular formula is C14H16N4O3. The average Bonchev–Trinajstić information content (AvgIpc) is 2.53. The number of nitrogens with zero attached hydrogens (tertiary/aromatic N) is 2. The van der Waals surface area contributed by atoms with Crippen LogP contribution in [0.2, 0.25) is 0 Å². The molecule has 0 aliphatic heterocycles. The van der Waals surface area contributed by atoms with Crippen molar-refractivity contribution in [1.29, 1.82) is 0 Å². The smallest absolute Gasteiger partial charge is 0.356 e. The van der Waals surface area contributed by atoms with E-state index in [1.54, 1.807) is 25.4 Å². The highest BCUT2D eigenvalue weighted by Crippen LogP contribution is 2.18. The Morgan fingerprint density at radius 1 is 1.33 bits per heavy atom. The number of carbonyl (C=O) groups excluding carboxylic acids is 1. The molecule has 7 heteroatoms. The van der Waals surface area contributed by atoms with Crippen LogP contribution in [0.15, 0.2) is 30.5 Å². The van der Waals surface area contributed by atoms with Crippen LogP contribution in [0, 0.1) is 0 Å². The summed E-state index contributed by atoms with van der Waals surface area (Å²) < 4.78 is 9.68. The number of ether oxygens (including phenoxy) is 2. The van der Waals surface area contributed by atoms with E-state index in [1.807, 2.05) is 6.07 Å². The van der Waals surface area contributed by atoms with Gasteiger partial charge in [0.25, 0.3) is 0 Å². The predicted molar refractivity (Wildman–Crippen MR) is 78.1 cm³/mol. The number of rotatable bonds is 5. The Morgan fingerprint density at radius 3 is 2.86 bits per heavy atom. The molecule has 2 heterocycles. The first-order valence-corrected chi connectivity index (χ1v) is 6.21. The fourth-order valence-corrected chi connectivity index (χ4v) is 1.69. The summed E-state index contributed by atoms with van der Waals surface area (Å²) in [5.74, 6) is 0.441. The summed E-state index contributed by atoms with van der Waals surface area (Å²) >= 11 is 0. The van der Waals surface area contributed by atoms with Gasteiger partial charge in [-0.3, -0.25) is 0 Å². The van der Waals surface area contributed by atoms with Crippen molar-refractivity contribution in [2.45, 2.75) is 6.54 Å². The molecule has 0 atom stereocenters. The Balaban J connectivity index is 2.13. The highest BCUT2D eigenvalue weighted by Gasteiger charge is 2.10. The Hall–Kier alpha value is -2.83. The van der Waals surface area contributed by atoms with E-state index < -0.39 is 5.97 Å². The quantitative estimate of drug-likeness (QED) is 0.803. The minimum Gasteiger partial charge on any atom is -0.481 e. The van der Waals surface area contributed by atoms with Crippen molar-refractivity contribution in [3.8, 4) is 5.88 Å². The lowest BCUT2D eigenvalue weighted by Gasteiger charge is -2.10. The third-order valence-electron chi connectivity index (χ3n) is 2.79. The lowest BCUT2D eigenvalue weighted by atomic mass is 10.2. The molecule has 0 spiro atoms. The highest BCUT2D eigenvalue weighted by atomic mass is 16.5. The van der Waals surface area contributed by atoms with E-state index in [4.69, 9.17) is 10.5 Å². The zero-order valence-electron chi connectivity index (χ0n) is 11.8. The molecule has 0 unspecified atom stereocenters. The predicted octanol–water partition coefficient (Wildman–Crippen LogP) is 1.47. The molecule has 7 nitrogen and oxygen atoms in total. The molecule has 0 aliphatic rings. The van der Waals surface area contributed by atoms with Crippen LogP contribution in [0.4, 0.5) is 11.5 Å². The first-order chi connectivity index (χ1) is 10.1. The van der Waals surface area contributed by atoms with Crippen molar-refractivity contribution in [1.82, 2.24) is 9.97 Å². The lowest BCUT2D eigenvalue weighted by molar-refractivity contribution is 0.0594.